The number of rotatable bonds is 6. The minimum Gasteiger partial charge on any atom is -0.390 e. The first-order chi connectivity index (χ1) is 12.6. The Morgan fingerprint density at radius 1 is 1.35 bits per heavy atom. The van der Waals surface area contributed by atoms with Crippen LogP contribution in [-0.4, -0.2) is 32.0 Å². The second kappa shape index (κ2) is 7.00. The average Bonchev–Trinajstić information content (AvgIpc) is 3.04. The van der Waals surface area contributed by atoms with Crippen molar-refractivity contribution < 1.29 is 9.90 Å². The topological polar surface area (TPSA) is 80.0 Å². The summed E-state index contributed by atoms with van der Waals surface area (Å²) in [5.74, 6) is 1.74. The number of hydrogen-bond donors (Lipinski definition) is 2. The highest BCUT2D eigenvalue weighted by molar-refractivity contribution is 6.30. The van der Waals surface area contributed by atoms with Crippen LogP contribution in [0.2, 0.25) is 5.02 Å². The molecule has 2 aliphatic rings. The van der Waals surface area contributed by atoms with Crippen molar-refractivity contribution in [1.82, 2.24) is 20.3 Å². The number of nitrogens with one attached hydrogen (secondary N) is 1. The van der Waals surface area contributed by atoms with Gasteiger partial charge in [-0.3, -0.25) is 4.79 Å². The van der Waals surface area contributed by atoms with Gasteiger partial charge in [0.15, 0.2) is 0 Å². The summed E-state index contributed by atoms with van der Waals surface area (Å²) in [4.78, 5) is 12.5. The molecule has 2 saturated carbocycles. The number of hydrogen-bond acceptors (Lipinski definition) is 4. The quantitative estimate of drug-likeness (QED) is 0.814. The molecule has 4 rings (SSSR count). The fourth-order valence-electron chi connectivity index (χ4n) is 4.67. The third-order valence-corrected chi connectivity index (χ3v) is 6.22. The van der Waals surface area contributed by atoms with Gasteiger partial charge < -0.3 is 10.4 Å². The summed E-state index contributed by atoms with van der Waals surface area (Å²) in [7, 11) is 0. The van der Waals surface area contributed by atoms with Gasteiger partial charge in [-0.2, -0.15) is 0 Å². The second-order valence-corrected chi connectivity index (χ2v) is 7.79. The Kier molecular flexibility index (Phi) is 4.71. The van der Waals surface area contributed by atoms with Gasteiger partial charge >= 0.3 is 0 Å². The highest BCUT2D eigenvalue weighted by Gasteiger charge is 2.59. The van der Waals surface area contributed by atoms with Crippen LogP contribution in [-0.2, 0) is 6.61 Å². The van der Waals surface area contributed by atoms with E-state index in [2.05, 4.69) is 22.6 Å². The maximum atomic E-state index is 12.5. The van der Waals surface area contributed by atoms with E-state index in [4.69, 9.17) is 11.6 Å². The fourth-order valence-corrected chi connectivity index (χ4v) is 4.79. The number of nitrogens with zero attached hydrogens (tertiary/aromatic N) is 3. The van der Waals surface area contributed by atoms with Gasteiger partial charge in [-0.1, -0.05) is 23.7 Å². The minimum atomic E-state index is -0.0334. The molecule has 7 heteroatoms. The molecule has 0 spiro atoms. The summed E-state index contributed by atoms with van der Waals surface area (Å²) in [5.41, 5.74) is 1.42. The molecule has 0 radical (unpaired) electrons. The lowest BCUT2D eigenvalue weighted by Gasteiger charge is -2.22. The third kappa shape index (κ3) is 3.12. The number of carbonyl (C=O) groups excluding carboxylic acids is 1. The van der Waals surface area contributed by atoms with E-state index in [1.54, 1.807) is 30.5 Å². The predicted molar refractivity (Wildman–Crippen MR) is 97.7 cm³/mol. The van der Waals surface area contributed by atoms with Gasteiger partial charge in [0.05, 0.1) is 24.5 Å². The van der Waals surface area contributed by atoms with Crippen LogP contribution in [0.1, 0.15) is 48.3 Å². The lowest BCUT2D eigenvalue weighted by atomic mass is 9.99. The fraction of sp³-hybridized carbons (Fsp3) is 0.526. The zero-order chi connectivity index (χ0) is 18.3. The molecule has 0 bridgehead atoms. The van der Waals surface area contributed by atoms with Crippen LogP contribution in [0.3, 0.4) is 0 Å². The SMILES string of the molecule is CCC(NC(=O)c1ccc(Cl)cc1)C1[C@H]2CC(n3nncc3CO)C[C@@H]12. The van der Waals surface area contributed by atoms with Crippen molar-refractivity contribution in [2.45, 2.75) is 44.9 Å². The van der Waals surface area contributed by atoms with E-state index >= 15 is 0 Å². The molecule has 1 aromatic heterocycles. The summed E-state index contributed by atoms with van der Waals surface area (Å²) in [6.07, 6.45) is 4.63. The summed E-state index contributed by atoms with van der Waals surface area (Å²) >= 11 is 5.89. The van der Waals surface area contributed by atoms with Crippen LogP contribution >= 0.6 is 11.6 Å². The van der Waals surface area contributed by atoms with Crippen molar-refractivity contribution in [2.75, 3.05) is 0 Å². The molecule has 0 aliphatic heterocycles. The molecule has 3 unspecified atom stereocenters. The minimum absolute atomic E-state index is 0.0308. The normalized spacial score (nSPS) is 27.8. The van der Waals surface area contributed by atoms with Gasteiger partial charge in [0, 0.05) is 16.6 Å². The molecule has 138 valence electrons. The van der Waals surface area contributed by atoms with Gasteiger partial charge in [0.1, 0.15) is 0 Å². The molecular formula is C19H23ClN4O2. The Balaban J connectivity index is 1.37. The molecule has 1 heterocycles. The van der Waals surface area contributed by atoms with Crippen LogP contribution in [0.5, 0.6) is 0 Å². The molecule has 26 heavy (non-hydrogen) atoms. The van der Waals surface area contributed by atoms with Crippen LogP contribution < -0.4 is 5.32 Å². The molecule has 2 N–H and O–H groups in total. The highest BCUT2D eigenvalue weighted by Crippen LogP contribution is 2.62. The molecule has 1 aromatic carbocycles. The molecule has 2 fully saturated rings. The second-order valence-electron chi connectivity index (χ2n) is 7.35. The molecule has 6 nitrogen and oxygen atoms in total. The van der Waals surface area contributed by atoms with Crippen LogP contribution in [0.25, 0.3) is 0 Å². The van der Waals surface area contributed by atoms with E-state index < -0.39 is 0 Å². The van der Waals surface area contributed by atoms with Crippen LogP contribution in [0.15, 0.2) is 30.5 Å². The van der Waals surface area contributed by atoms with Crippen molar-refractivity contribution in [1.29, 1.82) is 0 Å². The maximum Gasteiger partial charge on any atom is 0.251 e. The van der Waals surface area contributed by atoms with Crippen molar-refractivity contribution in [2.24, 2.45) is 17.8 Å². The number of fused-ring (bicyclic) bond motifs is 1. The van der Waals surface area contributed by atoms with E-state index in [1.165, 1.54) is 0 Å². The number of amides is 1. The molecule has 2 aliphatic carbocycles. The van der Waals surface area contributed by atoms with E-state index in [9.17, 15) is 9.90 Å². The Labute approximate surface area is 157 Å². The Hall–Kier alpha value is -1.92. The van der Waals surface area contributed by atoms with Crippen molar-refractivity contribution in [3.05, 3.63) is 46.7 Å². The Morgan fingerprint density at radius 2 is 2.04 bits per heavy atom. The molecule has 1 amide bonds. The lowest BCUT2D eigenvalue weighted by Crippen LogP contribution is -2.37. The standard InChI is InChI=1S/C19H23ClN4O2/c1-2-17(22-19(26)11-3-5-12(20)6-4-11)18-15-7-13(8-16(15)18)24-14(10-25)9-21-23-24/h3-6,9,13,15-18,25H,2,7-8,10H2,1H3,(H,22,26)/t13?,15-,16+,17?,18?. The summed E-state index contributed by atoms with van der Waals surface area (Å²) in [5, 5.41) is 21.3. The first kappa shape index (κ1) is 17.5. The smallest absolute Gasteiger partial charge is 0.251 e. The van der Waals surface area contributed by atoms with Gasteiger partial charge in [-0.15, -0.1) is 5.10 Å². The van der Waals surface area contributed by atoms with Gasteiger partial charge in [0.25, 0.3) is 5.91 Å². The lowest BCUT2D eigenvalue weighted by molar-refractivity contribution is 0.0926. The van der Waals surface area contributed by atoms with Gasteiger partial charge in [-0.25, -0.2) is 4.68 Å². The molecular weight excluding hydrogens is 352 g/mol. The predicted octanol–water partition coefficient (Wildman–Crippen LogP) is 2.83. The Morgan fingerprint density at radius 3 is 2.65 bits per heavy atom. The van der Waals surface area contributed by atoms with Crippen molar-refractivity contribution in [3.8, 4) is 0 Å². The van der Waals surface area contributed by atoms with E-state index in [-0.39, 0.29) is 18.6 Å². The largest absolute Gasteiger partial charge is 0.390 e. The van der Waals surface area contributed by atoms with E-state index in [1.807, 2.05) is 4.68 Å². The summed E-state index contributed by atoms with van der Waals surface area (Å²) in [6.45, 7) is 2.09. The third-order valence-electron chi connectivity index (χ3n) is 5.97. The molecule has 0 saturated heterocycles. The maximum absolute atomic E-state index is 12.5. The summed E-state index contributed by atoms with van der Waals surface area (Å²) < 4.78 is 1.87. The van der Waals surface area contributed by atoms with Crippen LogP contribution in [0.4, 0.5) is 0 Å². The van der Waals surface area contributed by atoms with E-state index in [0.717, 1.165) is 25.0 Å². The molecule has 2 aromatic rings. The number of benzene rings is 1. The number of aliphatic hydroxyl groups excluding tert-OH is 1. The summed E-state index contributed by atoms with van der Waals surface area (Å²) in [6, 6.07) is 7.51. The Bertz CT molecular complexity index is 779. The first-order valence-electron chi connectivity index (χ1n) is 9.18. The zero-order valence-electron chi connectivity index (χ0n) is 14.7. The van der Waals surface area contributed by atoms with Crippen molar-refractivity contribution >= 4 is 17.5 Å². The van der Waals surface area contributed by atoms with Crippen molar-refractivity contribution in [3.63, 3.8) is 0 Å². The molecule has 5 atom stereocenters. The number of halogens is 1. The number of carbonyl (C=O) groups is 1. The average molecular weight is 375 g/mol. The monoisotopic (exact) mass is 374 g/mol. The highest BCUT2D eigenvalue weighted by atomic mass is 35.5. The van der Waals surface area contributed by atoms with Gasteiger partial charge in [-0.05, 0) is 61.3 Å². The van der Waals surface area contributed by atoms with Crippen LogP contribution in [0, 0.1) is 17.8 Å². The number of aliphatic hydroxyl groups is 1. The van der Waals surface area contributed by atoms with Gasteiger partial charge in [0.2, 0.25) is 0 Å². The van der Waals surface area contributed by atoms with E-state index in [0.29, 0.717) is 34.4 Å². The first-order valence-corrected chi connectivity index (χ1v) is 9.56. The number of aromatic nitrogens is 3. The zero-order valence-corrected chi connectivity index (χ0v) is 15.4.